The Hall–Kier alpha value is -2.04. The number of carbonyl (C=O) groups excluding carboxylic acids is 1. The molecule has 5 heteroatoms. The van der Waals surface area contributed by atoms with Crippen molar-refractivity contribution in [3.05, 3.63) is 29.3 Å². The minimum absolute atomic E-state index is 0.218. The lowest BCUT2D eigenvalue weighted by atomic mass is 9.90. The van der Waals surface area contributed by atoms with E-state index in [9.17, 15) is 9.59 Å². The summed E-state index contributed by atoms with van der Waals surface area (Å²) >= 11 is 0. The maximum Gasteiger partial charge on any atom is 0.303 e. The lowest BCUT2D eigenvalue weighted by Gasteiger charge is -2.14. The molecule has 112 valence electrons. The number of nitrogens with zero attached hydrogens (tertiary/aromatic N) is 2. The zero-order chi connectivity index (χ0) is 15.1. The predicted octanol–water partition coefficient (Wildman–Crippen LogP) is 3.93. The molecule has 0 bridgehead atoms. The molecule has 1 aliphatic rings. The van der Waals surface area contributed by atoms with Gasteiger partial charge in [0.2, 0.25) is 0 Å². The Bertz CT molecular complexity index is 552. The highest BCUT2D eigenvalue weighted by atomic mass is 16.4. The molecule has 0 heterocycles. The van der Waals surface area contributed by atoms with E-state index in [0.717, 1.165) is 42.5 Å². The van der Waals surface area contributed by atoms with Crippen LogP contribution in [0.5, 0.6) is 0 Å². The summed E-state index contributed by atoms with van der Waals surface area (Å²) < 4.78 is 0. The number of aryl methyl sites for hydroxylation is 1. The van der Waals surface area contributed by atoms with Crippen LogP contribution in [0.4, 0.5) is 5.69 Å². The number of benzene rings is 1. The van der Waals surface area contributed by atoms with E-state index in [1.165, 1.54) is 0 Å². The van der Waals surface area contributed by atoms with Crippen LogP contribution >= 0.6 is 0 Å². The number of unbranched alkanes of at least 4 members (excludes halogenated alkanes) is 2. The molecule has 0 aliphatic heterocycles. The van der Waals surface area contributed by atoms with Gasteiger partial charge in [-0.25, -0.2) is 0 Å². The van der Waals surface area contributed by atoms with E-state index in [0.29, 0.717) is 19.4 Å². The summed E-state index contributed by atoms with van der Waals surface area (Å²) in [5, 5.41) is 16.8. The average molecular weight is 288 g/mol. The maximum atomic E-state index is 11.7. The summed E-state index contributed by atoms with van der Waals surface area (Å²) in [6.45, 7) is 0.607. The van der Waals surface area contributed by atoms with Gasteiger partial charge < -0.3 is 5.11 Å². The van der Waals surface area contributed by atoms with E-state index >= 15 is 0 Å². The largest absolute Gasteiger partial charge is 0.481 e. The van der Waals surface area contributed by atoms with Gasteiger partial charge in [0, 0.05) is 18.4 Å². The molecular weight excluding hydrogens is 268 g/mol. The van der Waals surface area contributed by atoms with E-state index in [1.807, 2.05) is 18.2 Å². The van der Waals surface area contributed by atoms with Gasteiger partial charge in [-0.15, -0.1) is 0 Å². The lowest BCUT2D eigenvalue weighted by molar-refractivity contribution is -0.137. The topological polar surface area (TPSA) is 79.1 Å². The molecule has 1 N–H and O–H groups in total. The monoisotopic (exact) mass is 288 g/mol. The molecule has 0 aromatic heterocycles. The second kappa shape index (κ2) is 7.67. The highest BCUT2D eigenvalue weighted by molar-refractivity contribution is 5.98. The molecule has 5 nitrogen and oxygen atoms in total. The fourth-order valence-electron chi connectivity index (χ4n) is 2.46. The SMILES string of the molecule is O=C(O)CCCCC/N=N/c1ccc2c(c1)CCCC2=O. The number of hydrogen-bond donors (Lipinski definition) is 1. The van der Waals surface area contributed by atoms with Crippen molar-refractivity contribution in [2.24, 2.45) is 10.2 Å². The molecule has 0 radical (unpaired) electrons. The first-order chi connectivity index (χ1) is 10.2. The third-order valence-electron chi connectivity index (χ3n) is 3.57. The van der Waals surface area contributed by atoms with E-state index in [4.69, 9.17) is 5.11 Å². The van der Waals surface area contributed by atoms with Crippen LogP contribution < -0.4 is 0 Å². The van der Waals surface area contributed by atoms with Crippen LogP contribution in [0.25, 0.3) is 0 Å². The molecule has 2 rings (SSSR count). The fourth-order valence-corrected chi connectivity index (χ4v) is 2.46. The van der Waals surface area contributed by atoms with Gasteiger partial charge in [0.25, 0.3) is 0 Å². The summed E-state index contributed by atoms with van der Waals surface area (Å²) in [6.07, 6.45) is 5.09. The van der Waals surface area contributed by atoms with Gasteiger partial charge in [-0.05, 0) is 49.4 Å². The molecule has 1 aliphatic carbocycles. The molecule has 21 heavy (non-hydrogen) atoms. The number of aliphatic carboxylic acids is 1. The van der Waals surface area contributed by atoms with Crippen LogP contribution in [-0.2, 0) is 11.2 Å². The first-order valence-electron chi connectivity index (χ1n) is 7.42. The molecule has 0 spiro atoms. The summed E-state index contributed by atoms with van der Waals surface area (Å²) in [5.74, 6) is -0.529. The van der Waals surface area contributed by atoms with Gasteiger partial charge in [-0.3, -0.25) is 9.59 Å². The Labute approximate surface area is 124 Å². The number of azo groups is 1. The van der Waals surface area contributed by atoms with Crippen molar-refractivity contribution in [3.8, 4) is 0 Å². The van der Waals surface area contributed by atoms with Crippen molar-refractivity contribution < 1.29 is 14.7 Å². The standard InChI is InChI=1S/C16H20N2O3/c19-15-6-4-5-12-11-13(8-9-14(12)15)18-17-10-3-1-2-7-16(20)21/h8-9,11H,1-7,10H2,(H,20,21)/b18-17+. The summed E-state index contributed by atoms with van der Waals surface area (Å²) in [4.78, 5) is 22.1. The molecule has 0 atom stereocenters. The zero-order valence-electron chi connectivity index (χ0n) is 12.0. The highest BCUT2D eigenvalue weighted by Crippen LogP contribution is 2.25. The highest BCUT2D eigenvalue weighted by Gasteiger charge is 2.16. The second-order valence-electron chi connectivity index (χ2n) is 5.29. The van der Waals surface area contributed by atoms with Crippen molar-refractivity contribution in [3.63, 3.8) is 0 Å². The van der Waals surface area contributed by atoms with E-state index in [2.05, 4.69) is 10.2 Å². The second-order valence-corrected chi connectivity index (χ2v) is 5.29. The Morgan fingerprint density at radius 1 is 1.19 bits per heavy atom. The molecule has 0 saturated heterocycles. The van der Waals surface area contributed by atoms with Gasteiger partial charge in [0.1, 0.15) is 0 Å². The Kier molecular flexibility index (Phi) is 5.60. The maximum absolute atomic E-state index is 11.7. The number of carboxylic acid groups (broad SMARTS) is 1. The molecule has 0 amide bonds. The molecule has 1 aromatic rings. The van der Waals surface area contributed by atoms with Crippen molar-refractivity contribution in [1.29, 1.82) is 0 Å². The molecule has 1 aromatic carbocycles. The third-order valence-corrected chi connectivity index (χ3v) is 3.57. The lowest BCUT2D eigenvalue weighted by Crippen LogP contribution is -2.09. The van der Waals surface area contributed by atoms with Crippen LogP contribution in [0.3, 0.4) is 0 Å². The van der Waals surface area contributed by atoms with Crippen molar-refractivity contribution in [1.82, 2.24) is 0 Å². The van der Waals surface area contributed by atoms with Crippen molar-refractivity contribution >= 4 is 17.4 Å². The average Bonchev–Trinajstić information content (AvgIpc) is 2.46. The minimum atomic E-state index is -0.750. The van der Waals surface area contributed by atoms with Crippen LogP contribution in [0.1, 0.15) is 54.4 Å². The van der Waals surface area contributed by atoms with E-state index in [-0.39, 0.29) is 12.2 Å². The number of carboxylic acids is 1. The summed E-state index contributed by atoms with van der Waals surface area (Å²) in [7, 11) is 0. The minimum Gasteiger partial charge on any atom is -0.481 e. The van der Waals surface area contributed by atoms with Crippen LogP contribution in [0.2, 0.25) is 0 Å². The van der Waals surface area contributed by atoms with Gasteiger partial charge in [-0.2, -0.15) is 10.2 Å². The van der Waals surface area contributed by atoms with E-state index < -0.39 is 5.97 Å². The summed E-state index contributed by atoms with van der Waals surface area (Å²) in [6, 6.07) is 5.62. The van der Waals surface area contributed by atoms with Crippen molar-refractivity contribution in [2.45, 2.75) is 44.9 Å². The third kappa shape index (κ3) is 4.77. The van der Waals surface area contributed by atoms with Crippen molar-refractivity contribution in [2.75, 3.05) is 6.54 Å². The molecule has 0 saturated carbocycles. The Balaban J connectivity index is 1.79. The summed E-state index contributed by atoms with van der Waals surface area (Å²) in [5.41, 5.74) is 2.69. The van der Waals surface area contributed by atoms with Crippen LogP contribution in [-0.4, -0.2) is 23.4 Å². The van der Waals surface area contributed by atoms with Crippen LogP contribution in [0.15, 0.2) is 28.4 Å². The number of fused-ring (bicyclic) bond motifs is 1. The predicted molar refractivity (Wildman–Crippen MR) is 79.2 cm³/mol. The number of carbonyl (C=O) groups is 2. The number of Topliss-reactive ketones (excluding diaryl/α,β-unsaturated/α-hetero) is 1. The normalized spacial score (nSPS) is 14.4. The van der Waals surface area contributed by atoms with Gasteiger partial charge in [0.15, 0.2) is 5.78 Å². The molecule has 0 fully saturated rings. The zero-order valence-corrected chi connectivity index (χ0v) is 12.0. The smallest absolute Gasteiger partial charge is 0.303 e. The van der Waals surface area contributed by atoms with Gasteiger partial charge >= 0.3 is 5.97 Å². The quantitative estimate of drug-likeness (QED) is 0.609. The number of hydrogen-bond acceptors (Lipinski definition) is 4. The molecular formula is C16H20N2O3. The fraction of sp³-hybridized carbons (Fsp3) is 0.500. The first-order valence-corrected chi connectivity index (χ1v) is 7.42. The Morgan fingerprint density at radius 2 is 2.05 bits per heavy atom. The first kappa shape index (κ1) is 15.4. The number of rotatable bonds is 7. The number of ketones is 1. The van der Waals surface area contributed by atoms with Gasteiger partial charge in [0.05, 0.1) is 12.2 Å². The Morgan fingerprint density at radius 3 is 2.86 bits per heavy atom. The van der Waals surface area contributed by atoms with E-state index in [1.54, 1.807) is 0 Å². The van der Waals surface area contributed by atoms with Gasteiger partial charge in [-0.1, -0.05) is 6.42 Å². The van der Waals surface area contributed by atoms with Crippen LogP contribution in [0, 0.1) is 0 Å². The molecule has 0 unspecified atom stereocenters.